The van der Waals surface area contributed by atoms with Crippen LogP contribution in [0.1, 0.15) is 17.7 Å². The summed E-state index contributed by atoms with van der Waals surface area (Å²) in [5.74, 6) is -1.01. The Morgan fingerprint density at radius 2 is 2.21 bits per heavy atom. The van der Waals surface area contributed by atoms with Crippen LogP contribution in [0.25, 0.3) is 0 Å². The third kappa shape index (κ3) is 2.17. The Morgan fingerprint density at radius 1 is 1.57 bits per heavy atom. The molecule has 0 saturated carbocycles. The number of aromatic nitrogens is 1. The molecular formula is C8H7BrF3NO. The molecule has 0 aliphatic heterocycles. The Bertz CT molecular complexity index is 333. The molecule has 0 fully saturated rings. The molecule has 0 N–H and O–H groups in total. The molecule has 14 heavy (non-hydrogen) atoms. The highest BCUT2D eigenvalue weighted by Gasteiger charge is 2.18. The van der Waals surface area contributed by atoms with E-state index in [9.17, 15) is 13.2 Å². The van der Waals surface area contributed by atoms with Gasteiger partial charge in [-0.3, -0.25) is 0 Å². The lowest BCUT2D eigenvalue weighted by atomic mass is 10.2. The maximum Gasteiger partial charge on any atom is 0.283 e. The van der Waals surface area contributed by atoms with Gasteiger partial charge < -0.3 is 4.74 Å². The van der Waals surface area contributed by atoms with Gasteiger partial charge in [-0.1, -0.05) is 15.9 Å². The van der Waals surface area contributed by atoms with E-state index in [0.717, 1.165) is 6.07 Å². The molecule has 1 aromatic rings. The molecule has 1 rings (SSSR count). The predicted octanol–water partition coefficient (Wildman–Crippen LogP) is 3.06. The topological polar surface area (TPSA) is 22.1 Å². The zero-order chi connectivity index (χ0) is 10.7. The smallest absolute Gasteiger partial charge is 0.283 e. The summed E-state index contributed by atoms with van der Waals surface area (Å²) in [6.07, 6.45) is -2.94. The second-order valence-corrected chi connectivity index (χ2v) is 3.02. The minimum absolute atomic E-state index is 0.0126. The van der Waals surface area contributed by atoms with Crippen molar-refractivity contribution in [3.8, 4) is 5.88 Å². The number of ether oxygens (including phenoxy) is 1. The fourth-order valence-electron chi connectivity index (χ4n) is 0.949. The molecule has 0 amide bonds. The van der Waals surface area contributed by atoms with Crippen LogP contribution in [0.15, 0.2) is 6.07 Å². The Hall–Kier alpha value is -0.780. The van der Waals surface area contributed by atoms with Crippen molar-refractivity contribution in [1.82, 2.24) is 4.98 Å². The summed E-state index contributed by atoms with van der Waals surface area (Å²) in [7, 11) is 1.29. The predicted molar refractivity (Wildman–Crippen MR) is 48.3 cm³/mol. The van der Waals surface area contributed by atoms with Gasteiger partial charge in [0, 0.05) is 10.9 Å². The maximum atomic E-state index is 13.0. The average Bonchev–Trinajstić information content (AvgIpc) is 2.16. The van der Waals surface area contributed by atoms with Crippen molar-refractivity contribution in [2.75, 3.05) is 7.11 Å². The molecule has 2 nitrogen and oxygen atoms in total. The van der Waals surface area contributed by atoms with E-state index in [-0.39, 0.29) is 5.88 Å². The fraction of sp³-hybridized carbons (Fsp3) is 0.375. The molecule has 0 bridgehead atoms. The third-order valence-corrected chi connectivity index (χ3v) is 2.19. The van der Waals surface area contributed by atoms with E-state index in [1.54, 1.807) is 0 Å². The summed E-state index contributed by atoms with van der Waals surface area (Å²) >= 11 is 3.07. The minimum atomic E-state index is -2.94. The molecule has 0 radical (unpaired) electrons. The van der Waals surface area contributed by atoms with Gasteiger partial charge in [-0.15, -0.1) is 0 Å². The van der Waals surface area contributed by atoms with Crippen molar-refractivity contribution >= 4 is 15.9 Å². The summed E-state index contributed by atoms with van der Waals surface area (Å²) in [6, 6.07) is 0.988. The van der Waals surface area contributed by atoms with Gasteiger partial charge in [0.25, 0.3) is 6.43 Å². The quantitative estimate of drug-likeness (QED) is 0.787. The molecule has 0 atom stereocenters. The highest BCUT2D eigenvalue weighted by Crippen LogP contribution is 2.26. The van der Waals surface area contributed by atoms with Crippen molar-refractivity contribution in [3.63, 3.8) is 0 Å². The van der Waals surface area contributed by atoms with Gasteiger partial charge in [-0.25, -0.2) is 18.2 Å². The lowest BCUT2D eigenvalue weighted by Crippen LogP contribution is -2.01. The number of hydrogen-bond donors (Lipinski definition) is 0. The van der Waals surface area contributed by atoms with Crippen LogP contribution in [0.3, 0.4) is 0 Å². The standard InChI is InChI=1S/C8H7BrF3NO/c1-14-8-4(3-9)2-5(10)6(13-8)7(11)12/h2,7H,3H2,1H3. The molecule has 1 heterocycles. The number of rotatable bonds is 3. The van der Waals surface area contributed by atoms with Crippen LogP contribution in [0.5, 0.6) is 5.88 Å². The molecular weight excluding hydrogens is 263 g/mol. The molecule has 78 valence electrons. The monoisotopic (exact) mass is 269 g/mol. The van der Waals surface area contributed by atoms with Crippen LogP contribution in [0, 0.1) is 5.82 Å². The third-order valence-electron chi connectivity index (χ3n) is 1.59. The largest absolute Gasteiger partial charge is 0.481 e. The molecule has 1 aromatic heterocycles. The number of pyridine rings is 1. The highest BCUT2D eigenvalue weighted by atomic mass is 79.9. The van der Waals surface area contributed by atoms with E-state index >= 15 is 0 Å². The van der Waals surface area contributed by atoms with Crippen LogP contribution in [-0.4, -0.2) is 12.1 Å². The normalized spacial score (nSPS) is 10.7. The molecule has 0 spiro atoms. The Kier molecular flexibility index (Phi) is 3.74. The zero-order valence-corrected chi connectivity index (χ0v) is 8.82. The van der Waals surface area contributed by atoms with Crippen LogP contribution in [-0.2, 0) is 5.33 Å². The average molecular weight is 270 g/mol. The summed E-state index contributed by atoms with van der Waals surface area (Å²) in [4.78, 5) is 3.38. The van der Waals surface area contributed by atoms with Gasteiger partial charge in [0.2, 0.25) is 5.88 Å². The lowest BCUT2D eigenvalue weighted by Gasteiger charge is -2.08. The van der Waals surface area contributed by atoms with E-state index < -0.39 is 17.9 Å². The number of nitrogens with zero attached hydrogens (tertiary/aromatic N) is 1. The zero-order valence-electron chi connectivity index (χ0n) is 7.23. The van der Waals surface area contributed by atoms with E-state index in [4.69, 9.17) is 4.74 Å². The van der Waals surface area contributed by atoms with Crippen LogP contribution >= 0.6 is 15.9 Å². The Balaban J connectivity index is 3.23. The van der Waals surface area contributed by atoms with Crippen molar-refractivity contribution in [2.24, 2.45) is 0 Å². The summed E-state index contributed by atoms with van der Waals surface area (Å²) in [5.41, 5.74) is -0.485. The number of hydrogen-bond acceptors (Lipinski definition) is 2. The minimum Gasteiger partial charge on any atom is -0.481 e. The summed E-state index contributed by atoms with van der Waals surface area (Å²) in [5, 5.41) is 0.295. The summed E-state index contributed by atoms with van der Waals surface area (Å²) in [6.45, 7) is 0. The van der Waals surface area contributed by atoms with E-state index in [1.807, 2.05) is 0 Å². The van der Waals surface area contributed by atoms with Gasteiger partial charge in [0.15, 0.2) is 5.82 Å². The van der Waals surface area contributed by atoms with Crippen molar-refractivity contribution in [2.45, 2.75) is 11.8 Å². The first-order valence-corrected chi connectivity index (χ1v) is 4.79. The fourth-order valence-corrected chi connectivity index (χ4v) is 1.35. The van der Waals surface area contributed by atoms with E-state index in [2.05, 4.69) is 20.9 Å². The van der Waals surface area contributed by atoms with Crippen LogP contribution in [0.4, 0.5) is 13.2 Å². The van der Waals surface area contributed by atoms with Gasteiger partial charge in [-0.05, 0) is 6.07 Å². The van der Waals surface area contributed by atoms with Gasteiger partial charge in [0.05, 0.1) is 7.11 Å². The van der Waals surface area contributed by atoms with Crippen molar-refractivity contribution < 1.29 is 17.9 Å². The van der Waals surface area contributed by atoms with Crippen molar-refractivity contribution in [3.05, 3.63) is 23.1 Å². The first-order valence-electron chi connectivity index (χ1n) is 3.67. The SMILES string of the molecule is COc1nc(C(F)F)c(F)cc1CBr. The molecule has 0 aromatic carbocycles. The highest BCUT2D eigenvalue weighted by molar-refractivity contribution is 9.08. The Morgan fingerprint density at radius 3 is 2.64 bits per heavy atom. The van der Waals surface area contributed by atoms with Gasteiger partial charge >= 0.3 is 0 Å². The summed E-state index contributed by atoms with van der Waals surface area (Å²) < 4.78 is 42.1. The molecule has 6 heteroatoms. The first-order chi connectivity index (χ1) is 6.60. The Labute approximate surface area is 87.2 Å². The molecule has 0 aliphatic rings. The lowest BCUT2D eigenvalue weighted by molar-refractivity contribution is 0.139. The second kappa shape index (κ2) is 4.63. The molecule has 0 unspecified atom stereocenters. The van der Waals surface area contributed by atoms with E-state index in [0.29, 0.717) is 10.9 Å². The first kappa shape index (κ1) is 11.3. The number of halogens is 4. The molecule has 0 aliphatic carbocycles. The van der Waals surface area contributed by atoms with Crippen LogP contribution < -0.4 is 4.74 Å². The second-order valence-electron chi connectivity index (χ2n) is 2.46. The van der Waals surface area contributed by atoms with E-state index in [1.165, 1.54) is 7.11 Å². The molecule has 0 saturated heterocycles. The number of alkyl halides is 3. The van der Waals surface area contributed by atoms with Crippen LogP contribution in [0.2, 0.25) is 0 Å². The van der Waals surface area contributed by atoms with Crippen molar-refractivity contribution in [1.29, 1.82) is 0 Å². The van der Waals surface area contributed by atoms with Gasteiger partial charge in [-0.2, -0.15) is 0 Å². The maximum absolute atomic E-state index is 13.0. The van der Waals surface area contributed by atoms with Gasteiger partial charge in [0.1, 0.15) is 5.69 Å². The number of methoxy groups -OCH3 is 1.